The molecule has 0 aliphatic rings. The van der Waals surface area contributed by atoms with Crippen molar-refractivity contribution in [2.75, 3.05) is 0 Å². The number of aromatic amines is 1. The summed E-state index contributed by atoms with van der Waals surface area (Å²) in [6.07, 6.45) is 3.22. The standard InChI is InChI=1S/C23H17ClN4O2S2/c24-15-7-9-17(10-8-15)31-14-20-18(13-25-12-16-4-3-11-30-16)22(29)28(27-20)23-26-19-5-1-2-6-21(19)32-23/h1-11,13,27H,12,14H2. The number of aromatic nitrogens is 3. The second kappa shape index (κ2) is 9.20. The number of benzene rings is 2. The van der Waals surface area contributed by atoms with Crippen molar-refractivity contribution in [3.63, 3.8) is 0 Å². The minimum Gasteiger partial charge on any atom is -0.467 e. The Kier molecular flexibility index (Phi) is 5.98. The van der Waals surface area contributed by atoms with Crippen LogP contribution in [0.2, 0.25) is 5.02 Å². The van der Waals surface area contributed by atoms with Crippen molar-refractivity contribution in [1.82, 2.24) is 14.8 Å². The molecule has 0 spiro atoms. The molecule has 0 amide bonds. The molecule has 3 heterocycles. The highest BCUT2D eigenvalue weighted by Crippen LogP contribution is 2.26. The van der Waals surface area contributed by atoms with Crippen LogP contribution in [0.1, 0.15) is 17.0 Å². The van der Waals surface area contributed by atoms with Gasteiger partial charge in [0.1, 0.15) is 5.76 Å². The summed E-state index contributed by atoms with van der Waals surface area (Å²) in [6.45, 7) is 0.364. The van der Waals surface area contributed by atoms with Crippen molar-refractivity contribution >= 4 is 51.1 Å². The van der Waals surface area contributed by atoms with E-state index in [0.717, 1.165) is 26.6 Å². The van der Waals surface area contributed by atoms with Crippen molar-refractivity contribution in [2.24, 2.45) is 4.99 Å². The molecule has 0 aliphatic heterocycles. The van der Waals surface area contributed by atoms with Gasteiger partial charge in [0, 0.05) is 21.9 Å². The van der Waals surface area contributed by atoms with E-state index in [2.05, 4.69) is 15.1 Å². The van der Waals surface area contributed by atoms with Gasteiger partial charge in [-0.25, -0.2) is 4.98 Å². The first-order chi connectivity index (χ1) is 15.7. The quantitative estimate of drug-likeness (QED) is 0.231. The lowest BCUT2D eigenvalue weighted by Gasteiger charge is -2.01. The number of nitrogens with zero attached hydrogens (tertiary/aromatic N) is 3. The molecule has 6 nitrogen and oxygen atoms in total. The number of thiazole rings is 1. The van der Waals surface area contributed by atoms with E-state index in [9.17, 15) is 4.79 Å². The number of halogens is 1. The van der Waals surface area contributed by atoms with Gasteiger partial charge < -0.3 is 4.42 Å². The van der Waals surface area contributed by atoms with E-state index >= 15 is 0 Å². The van der Waals surface area contributed by atoms with Crippen LogP contribution < -0.4 is 5.56 Å². The summed E-state index contributed by atoms with van der Waals surface area (Å²) in [4.78, 5) is 23.4. The first-order valence-electron chi connectivity index (χ1n) is 9.78. The van der Waals surface area contributed by atoms with Crippen LogP contribution in [-0.2, 0) is 12.3 Å². The minimum atomic E-state index is -0.182. The van der Waals surface area contributed by atoms with Crippen LogP contribution in [0.25, 0.3) is 15.3 Å². The lowest BCUT2D eigenvalue weighted by Crippen LogP contribution is -2.17. The Bertz CT molecular complexity index is 1400. The molecule has 0 bridgehead atoms. The summed E-state index contributed by atoms with van der Waals surface area (Å²) in [5, 5.41) is 4.53. The third-order valence-electron chi connectivity index (χ3n) is 4.72. The third kappa shape index (κ3) is 4.43. The second-order valence-corrected chi connectivity index (χ2v) is 9.39. The van der Waals surface area contributed by atoms with Crippen LogP contribution >= 0.6 is 34.7 Å². The number of hydrogen-bond acceptors (Lipinski definition) is 6. The van der Waals surface area contributed by atoms with Crippen molar-refractivity contribution in [2.45, 2.75) is 17.2 Å². The SMILES string of the molecule is O=c1c(C=NCc2ccco2)c(CSc2ccc(Cl)cc2)[nH]n1-c1nc2ccccc2s1. The summed E-state index contributed by atoms with van der Waals surface area (Å²) in [5.41, 5.74) is 1.97. The van der Waals surface area contributed by atoms with E-state index in [1.165, 1.54) is 16.0 Å². The number of rotatable bonds is 7. The highest BCUT2D eigenvalue weighted by Gasteiger charge is 2.17. The number of para-hydroxylation sites is 1. The predicted molar refractivity (Wildman–Crippen MR) is 131 cm³/mol. The van der Waals surface area contributed by atoms with E-state index in [4.69, 9.17) is 16.0 Å². The Balaban J connectivity index is 1.48. The first-order valence-corrected chi connectivity index (χ1v) is 12.0. The lowest BCUT2D eigenvalue weighted by molar-refractivity contribution is 0.513. The number of aliphatic imine (C=N–C) groups is 1. The van der Waals surface area contributed by atoms with Crippen LogP contribution in [0.5, 0.6) is 0 Å². The topological polar surface area (TPSA) is 76.2 Å². The number of fused-ring (bicyclic) bond motifs is 1. The smallest absolute Gasteiger partial charge is 0.282 e. The van der Waals surface area contributed by atoms with Crippen molar-refractivity contribution < 1.29 is 4.42 Å². The average molecular weight is 481 g/mol. The van der Waals surface area contributed by atoms with E-state index in [-0.39, 0.29) is 5.56 Å². The molecule has 32 heavy (non-hydrogen) atoms. The maximum Gasteiger partial charge on any atom is 0.282 e. The lowest BCUT2D eigenvalue weighted by atomic mass is 10.3. The fourth-order valence-corrected chi connectivity index (χ4v) is 5.06. The number of nitrogens with one attached hydrogen (secondary N) is 1. The molecule has 2 aromatic carbocycles. The molecule has 1 N–H and O–H groups in total. The zero-order chi connectivity index (χ0) is 21.9. The van der Waals surface area contributed by atoms with Crippen molar-refractivity contribution in [3.05, 3.63) is 99.3 Å². The molecule has 0 fully saturated rings. The number of H-pyrrole nitrogens is 1. The van der Waals surface area contributed by atoms with Crippen LogP contribution in [0.15, 0.2) is 86.0 Å². The van der Waals surface area contributed by atoms with Gasteiger partial charge in [-0.05, 0) is 48.5 Å². The molecule has 9 heteroatoms. The van der Waals surface area contributed by atoms with Crippen LogP contribution in [0.3, 0.4) is 0 Å². The molecule has 0 radical (unpaired) electrons. The fraction of sp³-hybridized carbons (Fsp3) is 0.0870. The highest BCUT2D eigenvalue weighted by molar-refractivity contribution is 7.98. The summed E-state index contributed by atoms with van der Waals surface area (Å²) in [7, 11) is 0. The molecule has 0 saturated carbocycles. The molecule has 0 unspecified atom stereocenters. The van der Waals surface area contributed by atoms with Gasteiger partial charge in [0.2, 0.25) is 5.13 Å². The van der Waals surface area contributed by atoms with Gasteiger partial charge >= 0.3 is 0 Å². The van der Waals surface area contributed by atoms with Crippen LogP contribution in [0, 0.1) is 0 Å². The summed E-state index contributed by atoms with van der Waals surface area (Å²) >= 11 is 9.06. The molecule has 160 valence electrons. The van der Waals surface area contributed by atoms with E-state index in [0.29, 0.717) is 28.0 Å². The molecule has 5 rings (SSSR count). The fourth-order valence-electron chi connectivity index (χ4n) is 3.14. The predicted octanol–water partition coefficient (Wildman–Crippen LogP) is 5.93. The van der Waals surface area contributed by atoms with Crippen LogP contribution in [0.4, 0.5) is 0 Å². The van der Waals surface area contributed by atoms with Crippen LogP contribution in [-0.4, -0.2) is 21.0 Å². The third-order valence-corrected chi connectivity index (χ3v) is 7.04. The molecule has 5 aromatic rings. The van der Waals surface area contributed by atoms with E-state index in [1.54, 1.807) is 24.2 Å². The van der Waals surface area contributed by atoms with Gasteiger partial charge in [0.05, 0.1) is 34.3 Å². The van der Waals surface area contributed by atoms with Gasteiger partial charge in [-0.3, -0.25) is 14.9 Å². The van der Waals surface area contributed by atoms with E-state index < -0.39 is 0 Å². The largest absolute Gasteiger partial charge is 0.467 e. The Morgan fingerprint density at radius 3 is 2.78 bits per heavy atom. The molecule has 3 aromatic heterocycles. The molecular formula is C23H17ClN4O2S2. The number of furan rings is 1. The zero-order valence-corrected chi connectivity index (χ0v) is 19.1. The minimum absolute atomic E-state index is 0.182. The number of thioether (sulfide) groups is 1. The molecular weight excluding hydrogens is 464 g/mol. The van der Waals surface area contributed by atoms with Gasteiger partial charge in [-0.1, -0.05) is 35.1 Å². The Morgan fingerprint density at radius 1 is 1.16 bits per heavy atom. The monoisotopic (exact) mass is 480 g/mol. The van der Waals surface area contributed by atoms with E-state index in [1.807, 2.05) is 60.7 Å². The maximum atomic E-state index is 13.3. The first kappa shape index (κ1) is 20.8. The summed E-state index contributed by atoms with van der Waals surface area (Å²) < 4.78 is 7.85. The van der Waals surface area contributed by atoms with Crippen molar-refractivity contribution in [3.8, 4) is 5.13 Å². The second-order valence-electron chi connectivity index (χ2n) is 6.90. The zero-order valence-electron chi connectivity index (χ0n) is 16.7. The Labute approximate surface area is 196 Å². The van der Waals surface area contributed by atoms with Gasteiger partial charge in [0.15, 0.2) is 0 Å². The Hall–Kier alpha value is -3.07. The molecule has 0 saturated heterocycles. The molecule has 0 aliphatic carbocycles. The Morgan fingerprint density at radius 2 is 2.00 bits per heavy atom. The van der Waals surface area contributed by atoms with Gasteiger partial charge in [-0.15, -0.1) is 11.8 Å². The average Bonchev–Trinajstić information content (AvgIpc) is 3.53. The summed E-state index contributed by atoms with van der Waals surface area (Å²) in [5.74, 6) is 1.30. The van der Waals surface area contributed by atoms with Crippen molar-refractivity contribution in [1.29, 1.82) is 0 Å². The van der Waals surface area contributed by atoms with Gasteiger partial charge in [0.25, 0.3) is 5.56 Å². The van der Waals surface area contributed by atoms with Gasteiger partial charge in [-0.2, -0.15) is 4.68 Å². The molecule has 0 atom stereocenters. The number of hydrogen-bond donors (Lipinski definition) is 1. The highest BCUT2D eigenvalue weighted by atomic mass is 35.5. The maximum absolute atomic E-state index is 13.3. The normalized spacial score (nSPS) is 11.7. The summed E-state index contributed by atoms with van der Waals surface area (Å²) in [6, 6.07) is 19.1.